The average molecular weight is 199 g/mol. The molecule has 0 radical (unpaired) electrons. The van der Waals surface area contributed by atoms with E-state index in [1.807, 2.05) is 0 Å². The van der Waals surface area contributed by atoms with E-state index >= 15 is 0 Å². The largest absolute Gasteiger partial charge is 0.391 e. The third-order valence-electron chi connectivity index (χ3n) is 3.53. The van der Waals surface area contributed by atoms with Gasteiger partial charge in [0.2, 0.25) is 0 Å². The van der Waals surface area contributed by atoms with Crippen molar-refractivity contribution in [2.75, 3.05) is 20.2 Å². The van der Waals surface area contributed by atoms with Gasteiger partial charge in [0.15, 0.2) is 0 Å². The molecule has 1 heterocycles. The quantitative estimate of drug-likeness (QED) is 0.736. The molecule has 0 bridgehead atoms. The maximum absolute atomic E-state index is 9.75. The van der Waals surface area contributed by atoms with Crippen molar-refractivity contribution in [1.82, 2.24) is 4.90 Å². The predicted octanol–water partition coefficient (Wildman–Crippen LogP) is 1.01. The molecule has 2 rings (SSSR count). The SMILES string of the molecule is CN(CC1CCCO1)[C@H]1CCC[C@@H]1O. The fourth-order valence-electron chi connectivity index (χ4n) is 2.68. The van der Waals surface area contributed by atoms with E-state index in [-0.39, 0.29) is 6.10 Å². The Morgan fingerprint density at radius 3 is 2.71 bits per heavy atom. The van der Waals surface area contributed by atoms with Gasteiger partial charge in [0.1, 0.15) is 0 Å². The van der Waals surface area contributed by atoms with Crippen LogP contribution in [0.5, 0.6) is 0 Å². The molecule has 1 saturated heterocycles. The normalized spacial score (nSPS) is 38.4. The first kappa shape index (κ1) is 10.4. The molecule has 3 heteroatoms. The highest BCUT2D eigenvalue weighted by atomic mass is 16.5. The Labute approximate surface area is 86.0 Å². The lowest BCUT2D eigenvalue weighted by Gasteiger charge is -2.28. The van der Waals surface area contributed by atoms with E-state index in [1.54, 1.807) is 0 Å². The van der Waals surface area contributed by atoms with E-state index in [1.165, 1.54) is 19.3 Å². The van der Waals surface area contributed by atoms with Crippen LogP contribution in [0.3, 0.4) is 0 Å². The van der Waals surface area contributed by atoms with E-state index in [0.717, 1.165) is 26.0 Å². The fourth-order valence-corrected chi connectivity index (χ4v) is 2.68. The topological polar surface area (TPSA) is 32.7 Å². The summed E-state index contributed by atoms with van der Waals surface area (Å²) < 4.78 is 5.60. The van der Waals surface area contributed by atoms with E-state index in [4.69, 9.17) is 4.74 Å². The van der Waals surface area contributed by atoms with Crippen LogP contribution in [0, 0.1) is 0 Å². The first-order valence-corrected chi connectivity index (χ1v) is 5.77. The molecule has 1 aliphatic carbocycles. The second-order valence-electron chi connectivity index (χ2n) is 4.64. The Morgan fingerprint density at radius 2 is 2.14 bits per heavy atom. The van der Waals surface area contributed by atoms with Crippen molar-refractivity contribution in [3.8, 4) is 0 Å². The molecular weight excluding hydrogens is 178 g/mol. The monoisotopic (exact) mass is 199 g/mol. The lowest BCUT2D eigenvalue weighted by molar-refractivity contribution is 0.0365. The van der Waals surface area contributed by atoms with Crippen molar-refractivity contribution in [2.45, 2.75) is 50.4 Å². The van der Waals surface area contributed by atoms with Gasteiger partial charge in [0.25, 0.3) is 0 Å². The molecule has 14 heavy (non-hydrogen) atoms. The second-order valence-corrected chi connectivity index (χ2v) is 4.64. The minimum Gasteiger partial charge on any atom is -0.391 e. The van der Waals surface area contributed by atoms with Crippen LogP contribution < -0.4 is 0 Å². The Bertz CT molecular complexity index is 180. The minimum atomic E-state index is -0.110. The molecule has 2 aliphatic rings. The average Bonchev–Trinajstić information content (AvgIpc) is 2.75. The molecule has 3 atom stereocenters. The van der Waals surface area contributed by atoms with Crippen LogP contribution in [-0.4, -0.2) is 48.5 Å². The summed E-state index contributed by atoms with van der Waals surface area (Å²) in [5.41, 5.74) is 0. The van der Waals surface area contributed by atoms with Gasteiger partial charge in [-0.25, -0.2) is 0 Å². The molecule has 1 N–H and O–H groups in total. The van der Waals surface area contributed by atoms with Gasteiger partial charge < -0.3 is 9.84 Å². The van der Waals surface area contributed by atoms with E-state index in [0.29, 0.717) is 12.1 Å². The van der Waals surface area contributed by atoms with Gasteiger partial charge in [0.05, 0.1) is 12.2 Å². The number of aliphatic hydroxyl groups excluding tert-OH is 1. The highest BCUT2D eigenvalue weighted by Gasteiger charge is 2.30. The van der Waals surface area contributed by atoms with Crippen molar-refractivity contribution in [3.63, 3.8) is 0 Å². The molecule has 0 spiro atoms. The third kappa shape index (κ3) is 2.27. The van der Waals surface area contributed by atoms with Crippen LogP contribution in [0.2, 0.25) is 0 Å². The van der Waals surface area contributed by atoms with Crippen molar-refractivity contribution in [2.24, 2.45) is 0 Å². The standard InChI is InChI=1S/C11H21NO2/c1-12(8-9-4-3-7-14-9)10-5-2-6-11(10)13/h9-11,13H,2-8H2,1H3/t9?,10-,11-/m0/s1. The second kappa shape index (κ2) is 4.60. The Kier molecular flexibility index (Phi) is 3.42. The van der Waals surface area contributed by atoms with Crippen molar-refractivity contribution < 1.29 is 9.84 Å². The zero-order chi connectivity index (χ0) is 9.97. The molecule has 1 aliphatic heterocycles. The van der Waals surface area contributed by atoms with Crippen LogP contribution in [0.4, 0.5) is 0 Å². The zero-order valence-electron chi connectivity index (χ0n) is 8.98. The molecular formula is C11H21NO2. The van der Waals surface area contributed by atoms with Gasteiger partial charge >= 0.3 is 0 Å². The molecule has 3 nitrogen and oxygen atoms in total. The first-order valence-electron chi connectivity index (χ1n) is 5.77. The number of hydrogen-bond donors (Lipinski definition) is 1. The van der Waals surface area contributed by atoms with Crippen LogP contribution in [-0.2, 0) is 4.74 Å². The number of nitrogens with zero attached hydrogens (tertiary/aromatic N) is 1. The predicted molar refractivity (Wildman–Crippen MR) is 55.2 cm³/mol. The number of hydrogen-bond acceptors (Lipinski definition) is 3. The maximum atomic E-state index is 9.75. The lowest BCUT2D eigenvalue weighted by Crippen LogP contribution is -2.41. The summed E-state index contributed by atoms with van der Waals surface area (Å²) in [6.45, 7) is 1.91. The van der Waals surface area contributed by atoms with Crippen LogP contribution in [0.25, 0.3) is 0 Å². The van der Waals surface area contributed by atoms with Crippen molar-refractivity contribution >= 4 is 0 Å². The molecule has 0 aromatic rings. The van der Waals surface area contributed by atoms with E-state index in [2.05, 4.69) is 11.9 Å². The number of rotatable bonds is 3. The smallest absolute Gasteiger partial charge is 0.0702 e. The lowest BCUT2D eigenvalue weighted by atomic mass is 10.1. The highest BCUT2D eigenvalue weighted by Crippen LogP contribution is 2.24. The van der Waals surface area contributed by atoms with Gasteiger partial charge in [-0.05, 0) is 39.2 Å². The first-order chi connectivity index (χ1) is 6.77. The summed E-state index contributed by atoms with van der Waals surface area (Å²) >= 11 is 0. The fraction of sp³-hybridized carbons (Fsp3) is 1.00. The summed E-state index contributed by atoms with van der Waals surface area (Å²) in [7, 11) is 2.11. The molecule has 0 aromatic carbocycles. The Hall–Kier alpha value is -0.120. The van der Waals surface area contributed by atoms with Gasteiger partial charge in [0, 0.05) is 19.2 Å². The van der Waals surface area contributed by atoms with Crippen LogP contribution in [0.15, 0.2) is 0 Å². The third-order valence-corrected chi connectivity index (χ3v) is 3.53. The summed E-state index contributed by atoms with van der Waals surface area (Å²) in [5, 5.41) is 9.75. The van der Waals surface area contributed by atoms with Crippen molar-refractivity contribution in [3.05, 3.63) is 0 Å². The Morgan fingerprint density at radius 1 is 1.29 bits per heavy atom. The van der Waals surface area contributed by atoms with Crippen LogP contribution in [0.1, 0.15) is 32.1 Å². The molecule has 0 aromatic heterocycles. The molecule has 1 unspecified atom stereocenters. The molecule has 82 valence electrons. The number of aliphatic hydroxyl groups is 1. The van der Waals surface area contributed by atoms with Gasteiger partial charge in [-0.15, -0.1) is 0 Å². The summed E-state index contributed by atoms with van der Waals surface area (Å²) in [6, 6.07) is 0.374. The summed E-state index contributed by atoms with van der Waals surface area (Å²) in [6.07, 6.45) is 5.97. The van der Waals surface area contributed by atoms with E-state index < -0.39 is 0 Å². The van der Waals surface area contributed by atoms with Crippen molar-refractivity contribution in [1.29, 1.82) is 0 Å². The van der Waals surface area contributed by atoms with E-state index in [9.17, 15) is 5.11 Å². The summed E-state index contributed by atoms with van der Waals surface area (Å²) in [4.78, 5) is 2.29. The Balaban J connectivity index is 1.78. The highest BCUT2D eigenvalue weighted by molar-refractivity contribution is 4.85. The maximum Gasteiger partial charge on any atom is 0.0702 e. The molecule has 2 fully saturated rings. The van der Waals surface area contributed by atoms with Gasteiger partial charge in [-0.3, -0.25) is 4.90 Å². The summed E-state index contributed by atoms with van der Waals surface area (Å²) in [5.74, 6) is 0. The van der Waals surface area contributed by atoms with Crippen LogP contribution >= 0.6 is 0 Å². The number of likely N-dealkylation sites (N-methyl/N-ethyl adjacent to an activating group) is 1. The zero-order valence-corrected chi connectivity index (χ0v) is 8.98. The number of ether oxygens (including phenoxy) is 1. The van der Waals surface area contributed by atoms with Gasteiger partial charge in [-0.1, -0.05) is 0 Å². The molecule has 1 saturated carbocycles. The molecule has 0 amide bonds. The van der Waals surface area contributed by atoms with Gasteiger partial charge in [-0.2, -0.15) is 0 Å². The minimum absolute atomic E-state index is 0.110.